The van der Waals surface area contributed by atoms with Crippen LogP contribution in [0.15, 0.2) is 42.5 Å². The lowest BCUT2D eigenvalue weighted by atomic mass is 10.1. The van der Waals surface area contributed by atoms with Crippen molar-refractivity contribution in [1.82, 2.24) is 0 Å². The second kappa shape index (κ2) is 6.90. The summed E-state index contributed by atoms with van der Waals surface area (Å²) in [7, 11) is 1.67. The number of methoxy groups -OCH3 is 1. The van der Waals surface area contributed by atoms with Gasteiger partial charge in [-0.1, -0.05) is 23.8 Å². The summed E-state index contributed by atoms with van der Waals surface area (Å²) in [5, 5.41) is 9.22. The Kier molecular flexibility index (Phi) is 4.95. The maximum Gasteiger partial charge on any atom is 0.339 e. The number of aromatic carboxylic acids is 1. The van der Waals surface area contributed by atoms with Crippen molar-refractivity contribution in [3.63, 3.8) is 0 Å². The minimum Gasteiger partial charge on any atom is -0.478 e. The number of benzene rings is 2. The normalized spacial score (nSPS) is 10.4. The number of hydrogen-bond donors (Lipinski definition) is 1. The fourth-order valence-corrected chi connectivity index (χ4v) is 1.97. The average molecular weight is 286 g/mol. The third-order valence-corrected chi connectivity index (χ3v) is 3.11. The Morgan fingerprint density at radius 2 is 1.86 bits per heavy atom. The molecule has 0 radical (unpaired) electrons. The minimum atomic E-state index is -0.995. The van der Waals surface area contributed by atoms with E-state index in [-0.39, 0.29) is 5.56 Å². The van der Waals surface area contributed by atoms with Crippen LogP contribution in [0.4, 0.5) is 0 Å². The van der Waals surface area contributed by atoms with Gasteiger partial charge in [0, 0.05) is 7.11 Å². The molecule has 0 fully saturated rings. The molecule has 0 atom stereocenters. The van der Waals surface area contributed by atoms with Crippen LogP contribution in [0, 0.1) is 6.92 Å². The fraction of sp³-hybridized carbons (Fsp3) is 0.235. The SMILES string of the molecule is COCCc1ccc(Oc2ccc(C)cc2C(=O)O)cc1. The van der Waals surface area contributed by atoms with Gasteiger partial charge in [0.1, 0.15) is 17.1 Å². The highest BCUT2D eigenvalue weighted by molar-refractivity contribution is 5.91. The summed E-state index contributed by atoms with van der Waals surface area (Å²) in [4.78, 5) is 11.2. The van der Waals surface area contributed by atoms with Gasteiger partial charge >= 0.3 is 5.97 Å². The Hall–Kier alpha value is -2.33. The van der Waals surface area contributed by atoms with Gasteiger partial charge in [0.25, 0.3) is 0 Å². The molecule has 0 heterocycles. The van der Waals surface area contributed by atoms with E-state index in [1.165, 1.54) is 0 Å². The first-order valence-corrected chi connectivity index (χ1v) is 6.70. The first-order valence-electron chi connectivity index (χ1n) is 6.70. The molecule has 4 nitrogen and oxygen atoms in total. The third-order valence-electron chi connectivity index (χ3n) is 3.11. The second-order valence-electron chi connectivity index (χ2n) is 4.79. The molecule has 0 unspecified atom stereocenters. The number of carboxylic acid groups (broad SMARTS) is 1. The van der Waals surface area contributed by atoms with Crippen molar-refractivity contribution in [1.29, 1.82) is 0 Å². The Labute approximate surface area is 123 Å². The van der Waals surface area contributed by atoms with Crippen molar-refractivity contribution >= 4 is 5.97 Å². The highest BCUT2D eigenvalue weighted by Crippen LogP contribution is 2.26. The molecule has 0 aliphatic carbocycles. The van der Waals surface area contributed by atoms with Crippen LogP contribution >= 0.6 is 0 Å². The summed E-state index contributed by atoms with van der Waals surface area (Å²) in [5.74, 6) is -0.0364. The minimum absolute atomic E-state index is 0.165. The van der Waals surface area contributed by atoms with E-state index in [9.17, 15) is 9.90 Å². The van der Waals surface area contributed by atoms with Gasteiger partial charge in [0.05, 0.1) is 6.61 Å². The van der Waals surface area contributed by atoms with Crippen molar-refractivity contribution in [3.8, 4) is 11.5 Å². The van der Waals surface area contributed by atoms with Crippen LogP contribution < -0.4 is 4.74 Å². The predicted molar refractivity (Wildman–Crippen MR) is 80.2 cm³/mol. The van der Waals surface area contributed by atoms with Gasteiger partial charge in [-0.25, -0.2) is 4.79 Å². The molecule has 21 heavy (non-hydrogen) atoms. The van der Waals surface area contributed by atoms with E-state index in [4.69, 9.17) is 9.47 Å². The summed E-state index contributed by atoms with van der Waals surface area (Å²) in [6.07, 6.45) is 0.835. The van der Waals surface area contributed by atoms with Gasteiger partial charge in [0.15, 0.2) is 0 Å². The number of rotatable bonds is 6. The maximum absolute atomic E-state index is 11.2. The van der Waals surface area contributed by atoms with Crippen LogP contribution in [0.2, 0.25) is 0 Å². The zero-order valence-corrected chi connectivity index (χ0v) is 12.1. The molecule has 2 aromatic carbocycles. The van der Waals surface area contributed by atoms with Crippen molar-refractivity contribution in [2.45, 2.75) is 13.3 Å². The Balaban J connectivity index is 2.16. The van der Waals surface area contributed by atoms with Crippen molar-refractivity contribution in [3.05, 3.63) is 59.2 Å². The molecule has 0 saturated heterocycles. The molecule has 0 amide bonds. The zero-order valence-electron chi connectivity index (χ0n) is 12.1. The van der Waals surface area contributed by atoms with Crippen LogP contribution in [0.5, 0.6) is 11.5 Å². The lowest BCUT2D eigenvalue weighted by Crippen LogP contribution is -2.00. The summed E-state index contributed by atoms with van der Waals surface area (Å²) in [5.41, 5.74) is 2.19. The van der Waals surface area contributed by atoms with Crippen LogP contribution in [0.3, 0.4) is 0 Å². The van der Waals surface area contributed by atoms with Gasteiger partial charge in [-0.3, -0.25) is 0 Å². The highest BCUT2D eigenvalue weighted by Gasteiger charge is 2.12. The second-order valence-corrected chi connectivity index (χ2v) is 4.79. The van der Waals surface area contributed by atoms with Crippen LogP contribution in [-0.4, -0.2) is 24.8 Å². The Bertz CT molecular complexity index is 617. The smallest absolute Gasteiger partial charge is 0.339 e. The quantitative estimate of drug-likeness (QED) is 0.880. The molecule has 0 aliphatic rings. The van der Waals surface area contributed by atoms with E-state index in [0.29, 0.717) is 18.1 Å². The largest absolute Gasteiger partial charge is 0.478 e. The number of carboxylic acids is 1. The highest BCUT2D eigenvalue weighted by atomic mass is 16.5. The Morgan fingerprint density at radius 3 is 2.48 bits per heavy atom. The van der Waals surface area contributed by atoms with Gasteiger partial charge in [-0.05, 0) is 43.2 Å². The monoisotopic (exact) mass is 286 g/mol. The molecular weight excluding hydrogens is 268 g/mol. The molecule has 4 heteroatoms. The van der Waals surface area contributed by atoms with Crippen LogP contribution in [-0.2, 0) is 11.2 Å². The molecule has 2 rings (SSSR count). The predicted octanol–water partition coefficient (Wildman–Crippen LogP) is 3.67. The third kappa shape index (κ3) is 4.07. The molecule has 0 saturated carbocycles. The van der Waals surface area contributed by atoms with E-state index in [0.717, 1.165) is 17.5 Å². The summed E-state index contributed by atoms with van der Waals surface area (Å²) >= 11 is 0. The average Bonchev–Trinajstić information content (AvgIpc) is 2.48. The van der Waals surface area contributed by atoms with Gasteiger partial charge in [-0.2, -0.15) is 0 Å². The Morgan fingerprint density at radius 1 is 1.14 bits per heavy atom. The first kappa shape index (κ1) is 15.1. The maximum atomic E-state index is 11.2. The van der Waals surface area contributed by atoms with Crippen molar-refractivity contribution in [2.24, 2.45) is 0 Å². The topological polar surface area (TPSA) is 55.8 Å². The van der Waals surface area contributed by atoms with Gasteiger partial charge < -0.3 is 14.6 Å². The molecule has 110 valence electrons. The van der Waals surface area contributed by atoms with Crippen molar-refractivity contribution in [2.75, 3.05) is 13.7 Å². The molecule has 0 bridgehead atoms. The van der Waals surface area contributed by atoms with E-state index < -0.39 is 5.97 Å². The molecular formula is C17H18O4. The summed E-state index contributed by atoms with van der Waals surface area (Å²) in [6.45, 7) is 2.52. The number of hydrogen-bond acceptors (Lipinski definition) is 3. The summed E-state index contributed by atoms with van der Waals surface area (Å²) in [6, 6.07) is 12.7. The van der Waals surface area contributed by atoms with Crippen LogP contribution in [0.25, 0.3) is 0 Å². The standard InChI is InChI=1S/C17H18O4/c1-12-3-8-16(15(11-12)17(18)19)21-14-6-4-13(5-7-14)9-10-20-2/h3-8,11H,9-10H2,1-2H3,(H,18,19). The number of ether oxygens (including phenoxy) is 2. The van der Waals surface area contributed by atoms with Crippen LogP contribution in [0.1, 0.15) is 21.5 Å². The molecule has 0 aliphatic heterocycles. The molecule has 2 aromatic rings. The lowest BCUT2D eigenvalue weighted by molar-refractivity contribution is 0.0694. The van der Waals surface area contributed by atoms with E-state index in [1.54, 1.807) is 19.2 Å². The molecule has 0 spiro atoms. The van der Waals surface area contributed by atoms with Gasteiger partial charge in [0.2, 0.25) is 0 Å². The zero-order chi connectivity index (χ0) is 15.2. The molecule has 1 N–H and O–H groups in total. The van der Waals surface area contributed by atoms with Gasteiger partial charge in [-0.15, -0.1) is 0 Å². The lowest BCUT2D eigenvalue weighted by Gasteiger charge is -2.10. The number of aryl methyl sites for hydroxylation is 1. The molecule has 0 aromatic heterocycles. The fourth-order valence-electron chi connectivity index (χ4n) is 1.97. The van der Waals surface area contributed by atoms with E-state index in [2.05, 4.69) is 0 Å². The number of carbonyl (C=O) groups is 1. The van der Waals surface area contributed by atoms with E-state index in [1.807, 2.05) is 37.3 Å². The summed E-state index contributed by atoms with van der Waals surface area (Å²) < 4.78 is 10.7. The van der Waals surface area contributed by atoms with Crippen molar-refractivity contribution < 1.29 is 19.4 Å². The van der Waals surface area contributed by atoms with E-state index >= 15 is 0 Å². The first-order chi connectivity index (χ1) is 10.1.